The van der Waals surface area contributed by atoms with Crippen LogP contribution in [-0.2, 0) is 4.79 Å². The number of nitrogens with zero attached hydrogens (tertiary/aromatic N) is 2. The van der Waals surface area contributed by atoms with Crippen molar-refractivity contribution in [2.45, 2.75) is 52.9 Å². The summed E-state index contributed by atoms with van der Waals surface area (Å²) < 4.78 is 0. The number of urea groups is 1. The Morgan fingerprint density at radius 1 is 1.32 bits per heavy atom. The Labute approximate surface area is 134 Å². The van der Waals surface area contributed by atoms with E-state index in [0.717, 1.165) is 51.9 Å². The van der Waals surface area contributed by atoms with Crippen LogP contribution in [-0.4, -0.2) is 54.5 Å². The zero-order valence-electron chi connectivity index (χ0n) is 14.4. The Balaban J connectivity index is 1.99. The van der Waals surface area contributed by atoms with Gasteiger partial charge in [-0.25, -0.2) is 4.79 Å². The Morgan fingerprint density at radius 2 is 2.09 bits per heavy atom. The molecule has 0 radical (unpaired) electrons. The standard InChI is InChI=1S/C17H31N3O2/c1-4-18-16(22)20-10-5-8-17(13-20)9-6-15(21)19(12-17)11-7-14(2)3/h14H,4-13H2,1-3H3,(H,18,22)/t17-/m1/s1. The highest BCUT2D eigenvalue weighted by molar-refractivity contribution is 5.77. The average Bonchev–Trinajstić information content (AvgIpc) is 2.49. The van der Waals surface area contributed by atoms with Gasteiger partial charge in [0.15, 0.2) is 0 Å². The van der Waals surface area contributed by atoms with E-state index in [0.29, 0.717) is 24.8 Å². The molecule has 1 spiro atoms. The first-order valence-electron chi connectivity index (χ1n) is 8.76. The van der Waals surface area contributed by atoms with Gasteiger partial charge < -0.3 is 15.1 Å². The molecule has 2 aliphatic heterocycles. The number of likely N-dealkylation sites (tertiary alicyclic amines) is 2. The molecule has 5 heteroatoms. The number of nitrogens with one attached hydrogen (secondary N) is 1. The van der Waals surface area contributed by atoms with Gasteiger partial charge in [0.1, 0.15) is 0 Å². The van der Waals surface area contributed by atoms with Gasteiger partial charge in [-0.05, 0) is 38.5 Å². The van der Waals surface area contributed by atoms with Crippen LogP contribution >= 0.6 is 0 Å². The van der Waals surface area contributed by atoms with Gasteiger partial charge in [0.2, 0.25) is 5.91 Å². The Morgan fingerprint density at radius 3 is 2.77 bits per heavy atom. The molecule has 0 saturated carbocycles. The van der Waals surface area contributed by atoms with Crippen molar-refractivity contribution in [3.8, 4) is 0 Å². The fourth-order valence-corrected chi connectivity index (χ4v) is 3.70. The topological polar surface area (TPSA) is 52.7 Å². The molecular formula is C17H31N3O2. The predicted molar refractivity (Wildman–Crippen MR) is 87.6 cm³/mol. The lowest BCUT2D eigenvalue weighted by Gasteiger charge is -2.48. The average molecular weight is 309 g/mol. The molecule has 5 nitrogen and oxygen atoms in total. The van der Waals surface area contributed by atoms with Crippen LogP contribution in [0.4, 0.5) is 4.79 Å². The second-order valence-electron chi connectivity index (χ2n) is 7.36. The number of hydrogen-bond acceptors (Lipinski definition) is 2. The number of amides is 3. The molecule has 0 aromatic heterocycles. The van der Waals surface area contributed by atoms with Gasteiger partial charge in [0.05, 0.1) is 0 Å². The zero-order chi connectivity index (χ0) is 16.2. The summed E-state index contributed by atoms with van der Waals surface area (Å²) in [5.74, 6) is 0.908. The molecule has 2 heterocycles. The molecule has 3 amide bonds. The molecule has 0 aliphatic carbocycles. The number of rotatable bonds is 4. The van der Waals surface area contributed by atoms with E-state index in [1.54, 1.807) is 0 Å². The third-order valence-corrected chi connectivity index (χ3v) is 5.00. The van der Waals surface area contributed by atoms with Crippen LogP contribution in [0.2, 0.25) is 0 Å². The Bertz CT molecular complexity index is 411. The van der Waals surface area contributed by atoms with E-state index >= 15 is 0 Å². The van der Waals surface area contributed by atoms with Crippen molar-refractivity contribution in [3.05, 3.63) is 0 Å². The highest BCUT2D eigenvalue weighted by Crippen LogP contribution is 2.39. The highest BCUT2D eigenvalue weighted by atomic mass is 16.2. The largest absolute Gasteiger partial charge is 0.342 e. The van der Waals surface area contributed by atoms with Crippen molar-refractivity contribution in [1.82, 2.24) is 15.1 Å². The van der Waals surface area contributed by atoms with E-state index in [9.17, 15) is 9.59 Å². The lowest BCUT2D eigenvalue weighted by molar-refractivity contribution is -0.139. The quantitative estimate of drug-likeness (QED) is 0.867. The minimum absolute atomic E-state index is 0.0483. The van der Waals surface area contributed by atoms with Crippen molar-refractivity contribution < 1.29 is 9.59 Å². The predicted octanol–water partition coefficient (Wildman–Crippen LogP) is 2.47. The third kappa shape index (κ3) is 4.14. The molecule has 1 atom stereocenters. The van der Waals surface area contributed by atoms with E-state index in [2.05, 4.69) is 19.2 Å². The molecule has 0 unspecified atom stereocenters. The molecule has 1 N–H and O–H groups in total. The molecule has 0 aromatic carbocycles. The van der Waals surface area contributed by atoms with Crippen molar-refractivity contribution in [3.63, 3.8) is 0 Å². The molecule has 2 rings (SSSR count). The van der Waals surface area contributed by atoms with E-state index in [-0.39, 0.29) is 11.4 Å². The van der Waals surface area contributed by atoms with Gasteiger partial charge in [-0.15, -0.1) is 0 Å². The summed E-state index contributed by atoms with van der Waals surface area (Å²) in [5.41, 5.74) is 0.119. The maximum absolute atomic E-state index is 12.2. The van der Waals surface area contributed by atoms with Crippen molar-refractivity contribution in [1.29, 1.82) is 0 Å². The summed E-state index contributed by atoms with van der Waals surface area (Å²) in [6.45, 7) is 10.3. The van der Waals surface area contributed by atoms with Crippen LogP contribution in [0, 0.1) is 11.3 Å². The van der Waals surface area contributed by atoms with Crippen LogP contribution in [0.5, 0.6) is 0 Å². The lowest BCUT2D eigenvalue weighted by Crippen LogP contribution is -2.56. The van der Waals surface area contributed by atoms with Gasteiger partial charge in [-0.3, -0.25) is 4.79 Å². The SMILES string of the molecule is CCNC(=O)N1CCC[C@]2(CCC(=O)N(CCC(C)C)C2)C1. The van der Waals surface area contributed by atoms with Crippen LogP contribution in [0.15, 0.2) is 0 Å². The first kappa shape index (κ1) is 17.1. The van der Waals surface area contributed by atoms with Gasteiger partial charge in [0, 0.05) is 44.6 Å². The monoisotopic (exact) mass is 309 g/mol. The normalized spacial score (nSPS) is 25.9. The molecule has 2 fully saturated rings. The number of carbonyl (C=O) groups is 2. The van der Waals surface area contributed by atoms with E-state index in [1.165, 1.54) is 0 Å². The minimum atomic E-state index is 0.0483. The highest BCUT2D eigenvalue weighted by Gasteiger charge is 2.42. The fourth-order valence-electron chi connectivity index (χ4n) is 3.70. The summed E-state index contributed by atoms with van der Waals surface area (Å²) in [5, 5.41) is 2.90. The second-order valence-corrected chi connectivity index (χ2v) is 7.36. The summed E-state index contributed by atoms with van der Waals surface area (Å²) in [6, 6.07) is 0.0483. The summed E-state index contributed by atoms with van der Waals surface area (Å²) >= 11 is 0. The Hall–Kier alpha value is -1.26. The third-order valence-electron chi connectivity index (χ3n) is 5.00. The molecule has 0 aromatic rings. The van der Waals surface area contributed by atoms with E-state index in [4.69, 9.17) is 0 Å². The van der Waals surface area contributed by atoms with Gasteiger partial charge in [-0.2, -0.15) is 0 Å². The van der Waals surface area contributed by atoms with Crippen LogP contribution < -0.4 is 5.32 Å². The summed E-state index contributed by atoms with van der Waals surface area (Å²) in [7, 11) is 0. The lowest BCUT2D eigenvalue weighted by atomic mass is 9.73. The maximum atomic E-state index is 12.2. The smallest absolute Gasteiger partial charge is 0.317 e. The zero-order valence-corrected chi connectivity index (χ0v) is 14.4. The molecule has 126 valence electrons. The van der Waals surface area contributed by atoms with E-state index in [1.807, 2.05) is 16.7 Å². The maximum Gasteiger partial charge on any atom is 0.317 e. The van der Waals surface area contributed by atoms with Crippen LogP contribution in [0.3, 0.4) is 0 Å². The number of hydrogen-bond donors (Lipinski definition) is 1. The summed E-state index contributed by atoms with van der Waals surface area (Å²) in [4.78, 5) is 28.3. The summed E-state index contributed by atoms with van der Waals surface area (Å²) in [6.07, 6.45) is 4.81. The van der Waals surface area contributed by atoms with Crippen molar-refractivity contribution in [2.75, 3.05) is 32.7 Å². The molecular weight excluding hydrogens is 278 g/mol. The molecule has 2 aliphatic rings. The Kier molecular flexibility index (Phi) is 5.70. The van der Waals surface area contributed by atoms with Gasteiger partial charge in [-0.1, -0.05) is 13.8 Å². The molecule has 22 heavy (non-hydrogen) atoms. The van der Waals surface area contributed by atoms with Crippen molar-refractivity contribution in [2.24, 2.45) is 11.3 Å². The van der Waals surface area contributed by atoms with Crippen molar-refractivity contribution >= 4 is 11.9 Å². The second kappa shape index (κ2) is 7.34. The van der Waals surface area contributed by atoms with Gasteiger partial charge in [0.25, 0.3) is 0 Å². The molecule has 0 bridgehead atoms. The van der Waals surface area contributed by atoms with E-state index < -0.39 is 0 Å². The van der Waals surface area contributed by atoms with Crippen LogP contribution in [0.1, 0.15) is 52.9 Å². The fraction of sp³-hybridized carbons (Fsp3) is 0.882. The minimum Gasteiger partial charge on any atom is -0.342 e. The van der Waals surface area contributed by atoms with Gasteiger partial charge >= 0.3 is 6.03 Å². The first-order valence-corrected chi connectivity index (χ1v) is 8.76. The molecule has 2 saturated heterocycles. The van der Waals surface area contributed by atoms with Crippen LogP contribution in [0.25, 0.3) is 0 Å². The number of carbonyl (C=O) groups excluding carboxylic acids is 2. The first-order chi connectivity index (χ1) is 10.5. The number of piperidine rings is 2.